The molecule has 10 heteroatoms. The van der Waals surface area contributed by atoms with Gasteiger partial charge >= 0.3 is 17.9 Å². The summed E-state index contributed by atoms with van der Waals surface area (Å²) in [6.07, 6.45) is -2.95. The van der Waals surface area contributed by atoms with Gasteiger partial charge in [-0.3, -0.25) is 9.59 Å². The Morgan fingerprint density at radius 3 is 2.54 bits per heavy atom. The fourth-order valence-electron chi connectivity index (χ4n) is 6.47. The van der Waals surface area contributed by atoms with Crippen molar-refractivity contribution in [2.75, 3.05) is 0 Å². The average Bonchev–Trinajstić information content (AvgIpc) is 2.98. The number of hydrogen-bond acceptors (Lipinski definition) is 9. The number of fused-ring (bicyclic) bond motifs is 2. The van der Waals surface area contributed by atoms with E-state index in [4.69, 9.17) is 30.5 Å². The van der Waals surface area contributed by atoms with Crippen LogP contribution in [0.1, 0.15) is 53.9 Å². The van der Waals surface area contributed by atoms with Crippen LogP contribution in [0, 0.1) is 11.3 Å². The van der Waals surface area contributed by atoms with Crippen LogP contribution in [0.2, 0.25) is 0 Å². The van der Waals surface area contributed by atoms with Gasteiger partial charge in [-0.05, 0) is 19.4 Å². The summed E-state index contributed by atoms with van der Waals surface area (Å²) in [6.45, 7) is 11.8. The predicted octanol–water partition coefficient (Wildman–Crippen LogP) is 1.95. The molecule has 1 spiro atoms. The topological polar surface area (TPSA) is 129 Å². The van der Waals surface area contributed by atoms with E-state index in [1.807, 2.05) is 6.08 Å². The minimum atomic E-state index is -2.24. The lowest BCUT2D eigenvalue weighted by atomic mass is 9.54. The van der Waals surface area contributed by atoms with Crippen LogP contribution >= 0.6 is 11.6 Å². The quantitative estimate of drug-likeness (QED) is 0.252. The molecule has 0 saturated carbocycles. The SMILES string of the molecule is C=C1[C@@H]2C[C@H](OC(=O)CC)[C@@]3(C)[C@@H](OC(C)=O)CC=C(C)[C@@H]3[C@@H](O)[C@@]3(O2)[C@@H](OC(=O)[C@@]3(C)O)[C@H]1Cl. The normalized spacial score (nSPS) is 46.9. The van der Waals surface area contributed by atoms with Gasteiger partial charge in [0, 0.05) is 32.1 Å². The Morgan fingerprint density at radius 1 is 1.29 bits per heavy atom. The van der Waals surface area contributed by atoms with Gasteiger partial charge in [0.2, 0.25) is 0 Å². The first-order valence-corrected chi connectivity index (χ1v) is 12.3. The number of alkyl halides is 1. The summed E-state index contributed by atoms with van der Waals surface area (Å²) in [7, 11) is 0. The van der Waals surface area contributed by atoms with Crippen LogP contribution in [-0.4, -0.2) is 75.2 Å². The van der Waals surface area contributed by atoms with Crippen molar-refractivity contribution >= 4 is 29.5 Å². The van der Waals surface area contributed by atoms with Crippen LogP contribution in [0.3, 0.4) is 0 Å². The molecule has 0 aromatic heterocycles. The van der Waals surface area contributed by atoms with Crippen LogP contribution in [0.5, 0.6) is 0 Å². The van der Waals surface area contributed by atoms with Gasteiger partial charge in [-0.1, -0.05) is 32.1 Å². The second-order valence-corrected chi connectivity index (χ2v) is 10.9. The molecule has 2 bridgehead atoms. The van der Waals surface area contributed by atoms with Crippen molar-refractivity contribution in [3.8, 4) is 0 Å². The van der Waals surface area contributed by atoms with E-state index >= 15 is 0 Å². The Morgan fingerprint density at radius 2 is 1.94 bits per heavy atom. The molecule has 0 aromatic carbocycles. The van der Waals surface area contributed by atoms with Crippen LogP contribution in [0.4, 0.5) is 0 Å². The van der Waals surface area contributed by atoms with Gasteiger partial charge < -0.3 is 29.2 Å². The molecule has 0 radical (unpaired) electrons. The van der Waals surface area contributed by atoms with Gasteiger partial charge in [-0.15, -0.1) is 11.6 Å². The number of rotatable bonds is 3. The predicted molar refractivity (Wildman–Crippen MR) is 123 cm³/mol. The van der Waals surface area contributed by atoms with Crippen molar-refractivity contribution in [2.45, 2.75) is 101 Å². The largest absolute Gasteiger partial charge is 0.461 e. The van der Waals surface area contributed by atoms with E-state index in [0.29, 0.717) is 17.6 Å². The number of carbonyl (C=O) groups is 3. The first-order chi connectivity index (χ1) is 16.2. The van der Waals surface area contributed by atoms with Gasteiger partial charge in [0.1, 0.15) is 12.2 Å². The molecule has 1 aliphatic carbocycles. The van der Waals surface area contributed by atoms with Gasteiger partial charge in [0.05, 0.1) is 23.0 Å². The summed E-state index contributed by atoms with van der Waals surface area (Å²) in [5.41, 5.74) is -4.25. The molecule has 3 heterocycles. The molecule has 0 amide bonds. The molecule has 10 atom stereocenters. The fourth-order valence-corrected chi connectivity index (χ4v) is 6.85. The molecule has 35 heavy (non-hydrogen) atoms. The molecule has 0 aromatic rings. The second-order valence-electron chi connectivity index (χ2n) is 10.4. The number of ether oxygens (including phenoxy) is 4. The van der Waals surface area contributed by atoms with Crippen molar-refractivity contribution in [1.82, 2.24) is 0 Å². The summed E-state index contributed by atoms with van der Waals surface area (Å²) >= 11 is 6.70. The van der Waals surface area contributed by atoms with Crippen molar-refractivity contribution in [1.29, 1.82) is 0 Å². The van der Waals surface area contributed by atoms with E-state index in [-0.39, 0.29) is 12.8 Å². The first kappa shape index (κ1) is 26.1. The van der Waals surface area contributed by atoms with E-state index in [1.165, 1.54) is 13.8 Å². The highest BCUT2D eigenvalue weighted by Crippen LogP contribution is 2.60. The van der Waals surface area contributed by atoms with Gasteiger partial charge in [0.15, 0.2) is 17.3 Å². The van der Waals surface area contributed by atoms with Gasteiger partial charge in [-0.25, -0.2) is 4.79 Å². The van der Waals surface area contributed by atoms with Crippen LogP contribution < -0.4 is 0 Å². The summed E-state index contributed by atoms with van der Waals surface area (Å²) < 4.78 is 23.5. The number of halogens is 1. The third-order valence-electron chi connectivity index (χ3n) is 8.44. The van der Waals surface area contributed by atoms with Crippen LogP contribution in [0.15, 0.2) is 23.8 Å². The second kappa shape index (κ2) is 8.57. The molecule has 3 fully saturated rings. The van der Waals surface area contributed by atoms with Crippen molar-refractivity contribution < 1.29 is 43.5 Å². The molecule has 9 nitrogen and oxygen atoms in total. The van der Waals surface area contributed by atoms with E-state index in [9.17, 15) is 24.6 Å². The number of carbonyl (C=O) groups excluding carboxylic acids is 3. The molecule has 4 aliphatic rings. The summed E-state index contributed by atoms with van der Waals surface area (Å²) in [5, 5.41) is 22.6. The Labute approximate surface area is 209 Å². The Bertz CT molecular complexity index is 989. The van der Waals surface area contributed by atoms with Crippen LogP contribution in [0.25, 0.3) is 0 Å². The molecule has 194 valence electrons. The Balaban J connectivity index is 1.97. The summed E-state index contributed by atoms with van der Waals surface area (Å²) in [4.78, 5) is 37.4. The maximum absolute atomic E-state index is 12.8. The van der Waals surface area contributed by atoms with Gasteiger partial charge in [-0.2, -0.15) is 0 Å². The minimum Gasteiger partial charge on any atom is -0.461 e. The van der Waals surface area contributed by atoms with E-state index < -0.39 is 76.3 Å². The number of aliphatic hydroxyl groups excluding tert-OH is 1. The lowest BCUT2D eigenvalue weighted by Gasteiger charge is -2.60. The van der Waals surface area contributed by atoms with E-state index in [1.54, 1.807) is 20.8 Å². The third-order valence-corrected chi connectivity index (χ3v) is 8.95. The van der Waals surface area contributed by atoms with Crippen molar-refractivity contribution in [2.24, 2.45) is 11.3 Å². The Hall–Kier alpha value is -1.94. The molecule has 3 saturated heterocycles. The molecule has 4 rings (SSSR count). The number of esters is 3. The lowest BCUT2D eigenvalue weighted by molar-refractivity contribution is -0.286. The maximum Gasteiger partial charge on any atom is 0.341 e. The zero-order chi connectivity index (χ0) is 26.1. The third kappa shape index (κ3) is 3.49. The zero-order valence-corrected chi connectivity index (χ0v) is 21.3. The minimum absolute atomic E-state index is 0.0668. The number of hydrogen-bond donors (Lipinski definition) is 2. The first-order valence-electron chi connectivity index (χ1n) is 11.9. The highest BCUT2D eigenvalue weighted by Gasteiger charge is 2.77. The number of aliphatic hydroxyl groups is 2. The summed E-state index contributed by atoms with van der Waals surface area (Å²) in [5.74, 6) is -2.81. The average molecular weight is 513 g/mol. The smallest absolute Gasteiger partial charge is 0.341 e. The molecule has 0 unspecified atom stereocenters. The standard InChI is InChI=1S/C25H33ClO9/c1-7-17(28)33-16-10-14-12(3)19(26)21-25(35-14,24(6,31)22(30)34-21)20(29)18-11(2)8-9-15(23(16,18)5)32-13(4)27/h8,14-16,18-21,29,31H,3,7,9-10H2,1-2,4-6H3/t14-,15-,16-,18+,19-,20+,21-,23+,24+,25+/m0/s1. The molecular weight excluding hydrogens is 480 g/mol. The fraction of sp³-hybridized carbons (Fsp3) is 0.720. The Kier molecular flexibility index (Phi) is 6.40. The van der Waals surface area contributed by atoms with Crippen molar-refractivity contribution in [3.63, 3.8) is 0 Å². The zero-order valence-electron chi connectivity index (χ0n) is 20.6. The lowest BCUT2D eigenvalue weighted by Crippen LogP contribution is -2.75. The van der Waals surface area contributed by atoms with Crippen molar-refractivity contribution in [3.05, 3.63) is 23.8 Å². The summed E-state index contributed by atoms with van der Waals surface area (Å²) in [6, 6.07) is 0. The highest BCUT2D eigenvalue weighted by molar-refractivity contribution is 6.23. The van der Waals surface area contributed by atoms with Crippen LogP contribution in [-0.2, 0) is 33.3 Å². The monoisotopic (exact) mass is 512 g/mol. The van der Waals surface area contributed by atoms with E-state index in [2.05, 4.69) is 6.58 Å². The molecule has 2 N–H and O–H groups in total. The van der Waals surface area contributed by atoms with Gasteiger partial charge in [0.25, 0.3) is 0 Å². The molecular formula is C25H33ClO9. The highest BCUT2D eigenvalue weighted by atomic mass is 35.5. The maximum atomic E-state index is 12.8. The molecule has 3 aliphatic heterocycles. The van der Waals surface area contributed by atoms with E-state index in [0.717, 1.165) is 0 Å².